The molecule has 7 heteroatoms. The predicted molar refractivity (Wildman–Crippen MR) is 61.6 cm³/mol. The lowest BCUT2D eigenvalue weighted by molar-refractivity contribution is -0.122. The first-order valence-electron chi connectivity index (χ1n) is 4.85. The van der Waals surface area contributed by atoms with E-state index in [-0.39, 0.29) is 30.8 Å². The lowest BCUT2D eigenvalue weighted by Gasteiger charge is -2.05. The van der Waals surface area contributed by atoms with Gasteiger partial charge in [0.25, 0.3) is 5.91 Å². The van der Waals surface area contributed by atoms with Crippen LogP contribution in [0.4, 0.5) is 0 Å². The van der Waals surface area contributed by atoms with E-state index in [0.29, 0.717) is 5.56 Å². The van der Waals surface area contributed by atoms with Gasteiger partial charge >= 0.3 is 0 Å². The van der Waals surface area contributed by atoms with Crippen molar-refractivity contribution in [2.75, 3.05) is 19.8 Å². The maximum atomic E-state index is 11.5. The number of pyridine rings is 1. The van der Waals surface area contributed by atoms with Crippen LogP contribution in [0.15, 0.2) is 18.3 Å². The number of nitrogens with two attached hydrogens (primary N) is 1. The van der Waals surface area contributed by atoms with Gasteiger partial charge in [0, 0.05) is 18.3 Å². The van der Waals surface area contributed by atoms with Gasteiger partial charge in [-0.2, -0.15) is 0 Å². The fraction of sp³-hybridized carbons (Fsp3) is 0.300. The van der Waals surface area contributed by atoms with Crippen LogP contribution in [-0.4, -0.2) is 36.6 Å². The molecule has 0 aliphatic carbocycles. The van der Waals surface area contributed by atoms with Gasteiger partial charge in [-0.05, 0) is 12.1 Å². The van der Waals surface area contributed by atoms with Gasteiger partial charge < -0.3 is 15.8 Å². The van der Waals surface area contributed by atoms with E-state index >= 15 is 0 Å². The number of aromatic nitrogens is 1. The number of nitrogens with one attached hydrogen (secondary N) is 1. The van der Waals surface area contributed by atoms with E-state index in [1.165, 1.54) is 12.3 Å². The number of carbonyl (C=O) groups excluding carboxylic acids is 2. The molecule has 1 aromatic rings. The van der Waals surface area contributed by atoms with Gasteiger partial charge in [-0.1, -0.05) is 11.6 Å². The van der Waals surface area contributed by atoms with Gasteiger partial charge in [-0.25, -0.2) is 4.98 Å². The molecule has 92 valence electrons. The maximum absolute atomic E-state index is 11.5. The zero-order valence-electron chi connectivity index (χ0n) is 8.98. The van der Waals surface area contributed by atoms with Crippen molar-refractivity contribution < 1.29 is 14.3 Å². The van der Waals surface area contributed by atoms with E-state index in [2.05, 4.69) is 10.3 Å². The number of carbonyl (C=O) groups is 2. The molecule has 0 bridgehead atoms. The highest BCUT2D eigenvalue weighted by atomic mass is 35.5. The summed E-state index contributed by atoms with van der Waals surface area (Å²) in [6, 6.07) is 3.01. The Balaban J connectivity index is 2.28. The molecule has 0 spiro atoms. The topological polar surface area (TPSA) is 94.3 Å². The lowest BCUT2D eigenvalue weighted by atomic mass is 10.2. The fourth-order valence-electron chi connectivity index (χ4n) is 1.06. The molecule has 0 unspecified atom stereocenters. The number of ether oxygens (including phenoxy) is 1. The number of nitrogens with zero attached hydrogens (tertiary/aromatic N) is 1. The Morgan fingerprint density at radius 3 is 2.94 bits per heavy atom. The Hall–Kier alpha value is -1.66. The van der Waals surface area contributed by atoms with Gasteiger partial charge in [0.1, 0.15) is 11.8 Å². The van der Waals surface area contributed by atoms with Crippen molar-refractivity contribution in [1.82, 2.24) is 10.3 Å². The van der Waals surface area contributed by atoms with E-state index in [4.69, 9.17) is 22.1 Å². The number of rotatable bonds is 6. The van der Waals surface area contributed by atoms with E-state index < -0.39 is 5.91 Å². The summed E-state index contributed by atoms with van der Waals surface area (Å²) >= 11 is 5.64. The molecule has 0 aromatic carbocycles. The van der Waals surface area contributed by atoms with Gasteiger partial charge in [0.05, 0.1) is 6.61 Å². The van der Waals surface area contributed by atoms with Crippen LogP contribution in [0.2, 0.25) is 5.15 Å². The number of amides is 2. The average molecular weight is 258 g/mol. The summed E-state index contributed by atoms with van der Waals surface area (Å²) in [4.78, 5) is 25.7. The van der Waals surface area contributed by atoms with Gasteiger partial charge in [-0.3, -0.25) is 9.59 Å². The van der Waals surface area contributed by atoms with Crippen LogP contribution in [0, 0.1) is 0 Å². The molecule has 17 heavy (non-hydrogen) atoms. The summed E-state index contributed by atoms with van der Waals surface area (Å²) in [5.74, 6) is -0.825. The molecular formula is C10H12ClN3O3. The molecule has 0 saturated heterocycles. The first-order valence-corrected chi connectivity index (χ1v) is 5.23. The average Bonchev–Trinajstić information content (AvgIpc) is 2.28. The van der Waals surface area contributed by atoms with Crippen LogP contribution in [0.3, 0.4) is 0 Å². The summed E-state index contributed by atoms with van der Waals surface area (Å²) in [7, 11) is 0. The molecule has 2 amide bonds. The zero-order chi connectivity index (χ0) is 12.7. The smallest absolute Gasteiger partial charge is 0.251 e. The van der Waals surface area contributed by atoms with Crippen LogP contribution in [-0.2, 0) is 9.53 Å². The summed E-state index contributed by atoms with van der Waals surface area (Å²) < 4.78 is 4.88. The standard InChI is InChI=1S/C10H12ClN3O3/c11-8-5-7(1-2-13-8)10(16)14-3-4-17-6-9(12)15/h1-2,5H,3-4,6H2,(H2,12,15)(H,14,16). The second-order valence-corrected chi connectivity index (χ2v) is 3.53. The van der Waals surface area contributed by atoms with Crippen molar-refractivity contribution in [3.63, 3.8) is 0 Å². The minimum absolute atomic E-state index is 0.156. The molecule has 0 aliphatic rings. The number of primary amides is 1. The van der Waals surface area contributed by atoms with Crippen molar-refractivity contribution in [3.8, 4) is 0 Å². The van der Waals surface area contributed by atoms with Crippen molar-refractivity contribution in [3.05, 3.63) is 29.0 Å². The summed E-state index contributed by atoms with van der Waals surface area (Å²) in [5.41, 5.74) is 5.29. The Kier molecular flexibility index (Phi) is 5.38. The Morgan fingerprint density at radius 1 is 1.53 bits per heavy atom. The Bertz CT molecular complexity index is 412. The summed E-state index contributed by atoms with van der Waals surface area (Å²) in [6.07, 6.45) is 1.45. The summed E-state index contributed by atoms with van der Waals surface area (Å²) in [6.45, 7) is 0.344. The first kappa shape index (κ1) is 13.4. The highest BCUT2D eigenvalue weighted by Crippen LogP contribution is 2.06. The molecule has 0 atom stereocenters. The molecule has 0 saturated carbocycles. The van der Waals surface area contributed by atoms with Gasteiger partial charge in [0.15, 0.2) is 0 Å². The van der Waals surface area contributed by atoms with Crippen molar-refractivity contribution in [2.45, 2.75) is 0 Å². The monoisotopic (exact) mass is 257 g/mol. The number of halogens is 1. The quantitative estimate of drug-likeness (QED) is 0.553. The third-order valence-corrected chi connectivity index (χ3v) is 1.97. The lowest BCUT2D eigenvalue weighted by Crippen LogP contribution is -2.28. The molecular weight excluding hydrogens is 246 g/mol. The highest BCUT2D eigenvalue weighted by Gasteiger charge is 2.05. The van der Waals surface area contributed by atoms with Crippen LogP contribution >= 0.6 is 11.6 Å². The number of hydrogen-bond donors (Lipinski definition) is 2. The molecule has 0 fully saturated rings. The zero-order valence-corrected chi connectivity index (χ0v) is 9.74. The van der Waals surface area contributed by atoms with Crippen molar-refractivity contribution in [2.24, 2.45) is 5.73 Å². The van der Waals surface area contributed by atoms with E-state index in [1.54, 1.807) is 6.07 Å². The van der Waals surface area contributed by atoms with Gasteiger partial charge in [0.2, 0.25) is 5.91 Å². The molecule has 1 heterocycles. The minimum atomic E-state index is -0.544. The molecule has 1 rings (SSSR count). The van der Waals surface area contributed by atoms with Crippen LogP contribution < -0.4 is 11.1 Å². The van der Waals surface area contributed by atoms with Crippen molar-refractivity contribution in [1.29, 1.82) is 0 Å². The minimum Gasteiger partial charge on any atom is -0.370 e. The SMILES string of the molecule is NC(=O)COCCNC(=O)c1ccnc(Cl)c1. The largest absolute Gasteiger partial charge is 0.370 e. The van der Waals surface area contributed by atoms with E-state index in [9.17, 15) is 9.59 Å². The van der Waals surface area contributed by atoms with Gasteiger partial charge in [-0.15, -0.1) is 0 Å². The van der Waals surface area contributed by atoms with Crippen LogP contribution in [0.1, 0.15) is 10.4 Å². The number of hydrogen-bond acceptors (Lipinski definition) is 4. The molecule has 0 aliphatic heterocycles. The molecule has 6 nitrogen and oxygen atoms in total. The first-order chi connectivity index (χ1) is 8.09. The second kappa shape index (κ2) is 6.82. The normalized spacial score (nSPS) is 9.94. The molecule has 1 aromatic heterocycles. The maximum Gasteiger partial charge on any atom is 0.251 e. The molecule has 3 N–H and O–H groups in total. The fourth-order valence-corrected chi connectivity index (χ4v) is 1.23. The van der Waals surface area contributed by atoms with Crippen LogP contribution in [0.5, 0.6) is 0 Å². The Morgan fingerprint density at radius 2 is 2.29 bits per heavy atom. The van der Waals surface area contributed by atoms with E-state index in [1.807, 2.05) is 0 Å². The highest BCUT2D eigenvalue weighted by molar-refractivity contribution is 6.29. The predicted octanol–water partition coefficient (Wildman–Crippen LogP) is -0.0333. The van der Waals surface area contributed by atoms with Crippen LogP contribution in [0.25, 0.3) is 0 Å². The van der Waals surface area contributed by atoms with Crippen molar-refractivity contribution >= 4 is 23.4 Å². The third-order valence-electron chi connectivity index (χ3n) is 1.77. The molecule has 0 radical (unpaired) electrons. The summed E-state index contributed by atoms with van der Waals surface area (Å²) in [5, 5.41) is 2.85. The van der Waals surface area contributed by atoms with E-state index in [0.717, 1.165) is 0 Å². The Labute approximate surface area is 103 Å². The second-order valence-electron chi connectivity index (χ2n) is 3.14. The third kappa shape index (κ3) is 5.28.